The van der Waals surface area contributed by atoms with E-state index in [9.17, 15) is 0 Å². The first-order chi connectivity index (χ1) is 9.95. The van der Waals surface area contributed by atoms with Gasteiger partial charge in [-0.3, -0.25) is 0 Å². The van der Waals surface area contributed by atoms with Gasteiger partial charge >= 0.3 is 0 Å². The quantitative estimate of drug-likeness (QED) is 0.648. The van der Waals surface area contributed by atoms with Gasteiger partial charge in [0.2, 0.25) is 0 Å². The van der Waals surface area contributed by atoms with Crippen LogP contribution in [0.5, 0.6) is 0 Å². The van der Waals surface area contributed by atoms with Gasteiger partial charge in [0.25, 0.3) is 0 Å². The van der Waals surface area contributed by atoms with Crippen molar-refractivity contribution in [3.05, 3.63) is 64.9 Å². The van der Waals surface area contributed by atoms with Gasteiger partial charge in [-0.2, -0.15) is 0 Å². The first kappa shape index (κ1) is 14.2. The Morgan fingerprint density at radius 1 is 1.10 bits per heavy atom. The molecule has 0 atom stereocenters. The van der Waals surface area contributed by atoms with Crippen molar-refractivity contribution in [1.29, 1.82) is 0 Å². The lowest BCUT2D eigenvalue weighted by molar-refractivity contribution is 0.535. The van der Waals surface area contributed by atoms with E-state index in [0.29, 0.717) is 0 Å². The topological polar surface area (TPSA) is 17.8 Å². The van der Waals surface area contributed by atoms with Crippen LogP contribution in [0.2, 0.25) is 5.02 Å². The van der Waals surface area contributed by atoms with Crippen LogP contribution in [0.1, 0.15) is 32.0 Å². The Morgan fingerprint density at radius 2 is 1.81 bits per heavy atom. The van der Waals surface area contributed by atoms with E-state index in [0.717, 1.165) is 17.2 Å². The van der Waals surface area contributed by atoms with Crippen molar-refractivity contribution in [1.82, 2.24) is 9.55 Å². The number of halogens is 1. The summed E-state index contributed by atoms with van der Waals surface area (Å²) in [5.41, 5.74) is 3.64. The van der Waals surface area contributed by atoms with Crippen LogP contribution in [0, 0.1) is 0 Å². The van der Waals surface area contributed by atoms with Crippen molar-refractivity contribution in [2.24, 2.45) is 0 Å². The summed E-state index contributed by atoms with van der Waals surface area (Å²) in [5.74, 6) is 0. The van der Waals surface area contributed by atoms with E-state index in [-0.39, 0.29) is 5.41 Å². The standard InChI is InChI=1S/C18H19ClN2/c1-18(2,3)16-11-14-5-4-10-20-17(14)21(16)12-13-6-8-15(19)9-7-13/h4-11H,12H2,1-3H3. The minimum Gasteiger partial charge on any atom is -0.325 e. The second-order valence-electron chi connectivity index (χ2n) is 6.41. The minimum absolute atomic E-state index is 0.0765. The van der Waals surface area contributed by atoms with Crippen LogP contribution < -0.4 is 0 Å². The lowest BCUT2D eigenvalue weighted by atomic mass is 9.92. The molecule has 0 aliphatic rings. The number of hydrogen-bond acceptors (Lipinski definition) is 1. The predicted octanol–water partition coefficient (Wildman–Crippen LogP) is 5.04. The van der Waals surface area contributed by atoms with Gasteiger partial charge in [-0.1, -0.05) is 44.5 Å². The van der Waals surface area contributed by atoms with Crippen molar-refractivity contribution >= 4 is 22.6 Å². The molecule has 108 valence electrons. The zero-order valence-corrected chi connectivity index (χ0v) is 13.4. The summed E-state index contributed by atoms with van der Waals surface area (Å²) in [7, 11) is 0. The molecule has 0 amide bonds. The largest absolute Gasteiger partial charge is 0.325 e. The number of pyridine rings is 1. The minimum atomic E-state index is 0.0765. The molecule has 1 aromatic carbocycles. The molecular formula is C18H19ClN2. The summed E-state index contributed by atoms with van der Waals surface area (Å²) in [6.07, 6.45) is 1.85. The van der Waals surface area contributed by atoms with Crippen LogP contribution in [0.25, 0.3) is 11.0 Å². The van der Waals surface area contributed by atoms with E-state index in [1.54, 1.807) is 0 Å². The monoisotopic (exact) mass is 298 g/mol. The Bertz CT molecular complexity index is 764. The summed E-state index contributed by atoms with van der Waals surface area (Å²) in [5, 5.41) is 1.96. The fourth-order valence-electron chi connectivity index (χ4n) is 2.64. The molecule has 3 heteroatoms. The number of fused-ring (bicyclic) bond motifs is 1. The molecule has 3 rings (SSSR count). The average Bonchev–Trinajstić information content (AvgIpc) is 2.81. The molecular weight excluding hydrogens is 280 g/mol. The van der Waals surface area contributed by atoms with Gasteiger partial charge in [-0.25, -0.2) is 4.98 Å². The van der Waals surface area contributed by atoms with E-state index in [1.165, 1.54) is 16.6 Å². The Kier molecular flexibility index (Phi) is 3.50. The summed E-state index contributed by atoms with van der Waals surface area (Å²) in [6.45, 7) is 7.52. The molecule has 0 saturated heterocycles. The number of aromatic nitrogens is 2. The Hall–Kier alpha value is -1.80. The van der Waals surface area contributed by atoms with Gasteiger partial charge in [-0.15, -0.1) is 0 Å². The molecule has 0 spiro atoms. The smallest absolute Gasteiger partial charge is 0.140 e. The van der Waals surface area contributed by atoms with Gasteiger partial charge in [0.05, 0.1) is 0 Å². The highest BCUT2D eigenvalue weighted by Gasteiger charge is 2.21. The molecule has 0 N–H and O–H groups in total. The third kappa shape index (κ3) is 2.81. The van der Waals surface area contributed by atoms with E-state index < -0.39 is 0 Å². The maximum absolute atomic E-state index is 5.97. The normalized spacial score (nSPS) is 12.0. The molecule has 2 heterocycles. The summed E-state index contributed by atoms with van der Waals surface area (Å²) in [4.78, 5) is 4.57. The zero-order chi connectivity index (χ0) is 15.0. The van der Waals surface area contributed by atoms with E-state index in [4.69, 9.17) is 11.6 Å². The number of benzene rings is 1. The maximum Gasteiger partial charge on any atom is 0.140 e. The summed E-state index contributed by atoms with van der Waals surface area (Å²) >= 11 is 5.97. The Balaban J connectivity index is 2.13. The SMILES string of the molecule is CC(C)(C)c1cc2cccnc2n1Cc1ccc(Cl)cc1. The fourth-order valence-corrected chi connectivity index (χ4v) is 2.77. The van der Waals surface area contributed by atoms with Gasteiger partial charge in [0, 0.05) is 34.3 Å². The van der Waals surface area contributed by atoms with Gasteiger partial charge < -0.3 is 4.57 Å². The predicted molar refractivity (Wildman–Crippen MR) is 89.0 cm³/mol. The third-order valence-electron chi connectivity index (χ3n) is 3.68. The van der Waals surface area contributed by atoms with Crippen molar-refractivity contribution < 1.29 is 0 Å². The number of rotatable bonds is 2. The zero-order valence-electron chi connectivity index (χ0n) is 12.6. The van der Waals surface area contributed by atoms with Crippen LogP contribution in [0.3, 0.4) is 0 Å². The van der Waals surface area contributed by atoms with E-state index >= 15 is 0 Å². The second kappa shape index (κ2) is 5.19. The van der Waals surface area contributed by atoms with Crippen molar-refractivity contribution in [3.8, 4) is 0 Å². The molecule has 0 aliphatic carbocycles. The average molecular weight is 299 g/mol. The molecule has 21 heavy (non-hydrogen) atoms. The summed E-state index contributed by atoms with van der Waals surface area (Å²) in [6, 6.07) is 14.4. The molecule has 0 unspecified atom stereocenters. The van der Waals surface area contributed by atoms with Gasteiger partial charge in [-0.05, 0) is 35.9 Å². The molecule has 0 fully saturated rings. The second-order valence-corrected chi connectivity index (χ2v) is 6.84. The Labute approximate surface area is 130 Å². The highest BCUT2D eigenvalue weighted by Crippen LogP contribution is 2.29. The van der Waals surface area contributed by atoms with E-state index in [1.807, 2.05) is 24.4 Å². The van der Waals surface area contributed by atoms with Crippen molar-refractivity contribution in [2.75, 3.05) is 0 Å². The lowest BCUT2D eigenvalue weighted by Crippen LogP contribution is -2.18. The molecule has 2 nitrogen and oxygen atoms in total. The molecule has 0 bridgehead atoms. The van der Waals surface area contributed by atoms with E-state index in [2.05, 4.69) is 54.6 Å². The van der Waals surface area contributed by atoms with Crippen LogP contribution in [-0.2, 0) is 12.0 Å². The Morgan fingerprint density at radius 3 is 2.48 bits per heavy atom. The van der Waals surface area contributed by atoms with Crippen LogP contribution >= 0.6 is 11.6 Å². The highest BCUT2D eigenvalue weighted by atomic mass is 35.5. The molecule has 2 aromatic heterocycles. The van der Waals surface area contributed by atoms with Crippen LogP contribution in [0.15, 0.2) is 48.7 Å². The third-order valence-corrected chi connectivity index (χ3v) is 3.93. The molecule has 0 saturated carbocycles. The molecule has 0 radical (unpaired) electrons. The first-order valence-corrected chi connectivity index (χ1v) is 7.52. The number of hydrogen-bond donors (Lipinski definition) is 0. The lowest BCUT2D eigenvalue weighted by Gasteiger charge is -2.22. The van der Waals surface area contributed by atoms with Crippen LogP contribution in [0.4, 0.5) is 0 Å². The van der Waals surface area contributed by atoms with Crippen molar-refractivity contribution in [2.45, 2.75) is 32.7 Å². The number of nitrogens with zero attached hydrogens (tertiary/aromatic N) is 2. The van der Waals surface area contributed by atoms with Crippen LogP contribution in [-0.4, -0.2) is 9.55 Å². The van der Waals surface area contributed by atoms with Gasteiger partial charge in [0.15, 0.2) is 0 Å². The van der Waals surface area contributed by atoms with Crippen molar-refractivity contribution in [3.63, 3.8) is 0 Å². The maximum atomic E-state index is 5.97. The molecule has 0 aliphatic heterocycles. The fraction of sp³-hybridized carbons (Fsp3) is 0.278. The summed E-state index contributed by atoms with van der Waals surface area (Å²) < 4.78 is 2.30. The first-order valence-electron chi connectivity index (χ1n) is 7.14. The van der Waals surface area contributed by atoms with Gasteiger partial charge in [0.1, 0.15) is 5.65 Å². The molecule has 3 aromatic rings. The highest BCUT2D eigenvalue weighted by molar-refractivity contribution is 6.30.